The summed E-state index contributed by atoms with van der Waals surface area (Å²) in [5, 5.41) is 0. The van der Waals surface area contributed by atoms with Gasteiger partial charge in [0.2, 0.25) is 0 Å². The van der Waals surface area contributed by atoms with Gasteiger partial charge in [0.1, 0.15) is 12.0 Å². The van der Waals surface area contributed by atoms with Gasteiger partial charge in [-0.25, -0.2) is 0 Å². The number of hydrogen-bond donors (Lipinski definition) is 0. The normalized spacial score (nSPS) is 8.60. The molecule has 3 heteroatoms. The molecule has 0 saturated carbocycles. The van der Waals surface area contributed by atoms with Gasteiger partial charge in [0.15, 0.2) is 6.29 Å². The van der Waals surface area contributed by atoms with E-state index in [0.717, 1.165) is 6.29 Å². The second-order valence-electron chi connectivity index (χ2n) is 2.75. The van der Waals surface area contributed by atoms with Gasteiger partial charge in [-0.15, -0.1) is 0 Å². The monoisotopic (exact) mass is 202 g/mol. The molecule has 0 N–H and O–H groups in total. The van der Waals surface area contributed by atoms with E-state index in [4.69, 9.17) is 4.74 Å². The molecular formula is C12H10O3. The highest BCUT2D eigenvalue weighted by molar-refractivity contribution is 5.80. The summed E-state index contributed by atoms with van der Waals surface area (Å²) in [5.74, 6) is 5.96. The highest BCUT2D eigenvalue weighted by atomic mass is 16.5. The lowest BCUT2D eigenvalue weighted by Gasteiger charge is -2.02. The lowest BCUT2D eigenvalue weighted by atomic mass is 10.1. The molecule has 0 radical (unpaired) electrons. The van der Waals surface area contributed by atoms with E-state index in [1.54, 1.807) is 18.2 Å². The van der Waals surface area contributed by atoms with Crippen LogP contribution in [0.4, 0.5) is 0 Å². The quantitative estimate of drug-likeness (QED) is 0.550. The summed E-state index contributed by atoms with van der Waals surface area (Å²) < 4.78 is 4.98. The fourth-order valence-electron chi connectivity index (χ4n) is 1.10. The molecule has 0 bridgehead atoms. The van der Waals surface area contributed by atoms with Crippen molar-refractivity contribution in [3.63, 3.8) is 0 Å². The number of rotatable bonds is 3. The number of methoxy groups -OCH3 is 1. The van der Waals surface area contributed by atoms with E-state index in [2.05, 4.69) is 11.8 Å². The van der Waals surface area contributed by atoms with Crippen LogP contribution in [0.2, 0.25) is 0 Å². The van der Waals surface area contributed by atoms with Crippen LogP contribution in [0.15, 0.2) is 18.2 Å². The van der Waals surface area contributed by atoms with Crippen LogP contribution in [0.25, 0.3) is 0 Å². The summed E-state index contributed by atoms with van der Waals surface area (Å²) in [4.78, 5) is 20.7. The standard InChI is InChI=1S/C12H10O3/c1-15-12-6-5-10(4-2-3-7-13)8-11(12)9-14/h5-9H,3H2,1H3. The third kappa shape index (κ3) is 2.96. The van der Waals surface area contributed by atoms with E-state index >= 15 is 0 Å². The van der Waals surface area contributed by atoms with Crippen LogP contribution in [0.1, 0.15) is 22.3 Å². The molecule has 0 amide bonds. The topological polar surface area (TPSA) is 43.4 Å². The van der Waals surface area contributed by atoms with Gasteiger partial charge >= 0.3 is 0 Å². The molecule has 0 fully saturated rings. The first-order valence-corrected chi connectivity index (χ1v) is 4.37. The molecule has 0 spiro atoms. The minimum atomic E-state index is 0.197. The molecule has 0 aliphatic rings. The average Bonchev–Trinajstić information content (AvgIpc) is 2.29. The van der Waals surface area contributed by atoms with Crippen molar-refractivity contribution in [2.24, 2.45) is 0 Å². The smallest absolute Gasteiger partial charge is 0.153 e. The SMILES string of the molecule is COc1ccc(C#CCC=O)cc1C=O. The molecule has 0 atom stereocenters. The molecule has 0 aliphatic heterocycles. The van der Waals surface area contributed by atoms with Crippen molar-refractivity contribution in [2.45, 2.75) is 6.42 Å². The maximum atomic E-state index is 10.7. The largest absolute Gasteiger partial charge is 0.496 e. The van der Waals surface area contributed by atoms with E-state index in [1.165, 1.54) is 7.11 Å². The average molecular weight is 202 g/mol. The molecule has 76 valence electrons. The lowest BCUT2D eigenvalue weighted by molar-refractivity contribution is -0.107. The highest BCUT2D eigenvalue weighted by Gasteiger charge is 2.01. The Bertz CT molecular complexity index is 424. The number of hydrogen-bond acceptors (Lipinski definition) is 3. The number of ether oxygens (including phenoxy) is 1. The van der Waals surface area contributed by atoms with Crippen molar-refractivity contribution < 1.29 is 14.3 Å². The van der Waals surface area contributed by atoms with Crippen molar-refractivity contribution in [3.8, 4) is 17.6 Å². The zero-order chi connectivity index (χ0) is 11.1. The molecular weight excluding hydrogens is 192 g/mol. The summed E-state index contributed by atoms with van der Waals surface area (Å²) in [6.45, 7) is 0. The van der Waals surface area contributed by atoms with Gasteiger partial charge in [0.05, 0.1) is 19.1 Å². The highest BCUT2D eigenvalue weighted by Crippen LogP contribution is 2.17. The van der Waals surface area contributed by atoms with E-state index in [9.17, 15) is 9.59 Å². The lowest BCUT2D eigenvalue weighted by Crippen LogP contribution is -1.90. The fourth-order valence-corrected chi connectivity index (χ4v) is 1.10. The van der Waals surface area contributed by atoms with Crippen molar-refractivity contribution in [1.29, 1.82) is 0 Å². The summed E-state index contributed by atoms with van der Waals surface area (Å²) in [5.41, 5.74) is 1.15. The molecule has 3 nitrogen and oxygen atoms in total. The Hall–Kier alpha value is -2.08. The molecule has 0 aromatic heterocycles. The number of carbonyl (C=O) groups excluding carboxylic acids is 2. The van der Waals surface area contributed by atoms with E-state index in [0.29, 0.717) is 23.2 Å². The maximum Gasteiger partial charge on any atom is 0.153 e. The predicted octanol–water partition coefficient (Wildman–Crippen LogP) is 1.45. The fraction of sp³-hybridized carbons (Fsp3) is 0.167. The Morgan fingerprint density at radius 2 is 2.20 bits per heavy atom. The molecule has 1 aromatic carbocycles. The van der Waals surface area contributed by atoms with Crippen LogP contribution in [-0.4, -0.2) is 19.7 Å². The number of benzene rings is 1. The van der Waals surface area contributed by atoms with Crippen molar-refractivity contribution >= 4 is 12.6 Å². The molecule has 0 heterocycles. The van der Waals surface area contributed by atoms with E-state index in [-0.39, 0.29) is 6.42 Å². The van der Waals surface area contributed by atoms with Crippen molar-refractivity contribution in [2.75, 3.05) is 7.11 Å². The van der Waals surface area contributed by atoms with Crippen molar-refractivity contribution in [1.82, 2.24) is 0 Å². The molecule has 0 unspecified atom stereocenters. The minimum absolute atomic E-state index is 0.197. The third-order valence-electron chi connectivity index (χ3n) is 1.77. The van der Waals surface area contributed by atoms with Crippen LogP contribution in [0.5, 0.6) is 5.75 Å². The zero-order valence-corrected chi connectivity index (χ0v) is 8.32. The molecule has 15 heavy (non-hydrogen) atoms. The number of aldehydes is 2. The second-order valence-corrected chi connectivity index (χ2v) is 2.75. The van der Waals surface area contributed by atoms with Gasteiger partial charge in [-0.1, -0.05) is 11.8 Å². The van der Waals surface area contributed by atoms with Gasteiger partial charge in [-0.3, -0.25) is 4.79 Å². The van der Waals surface area contributed by atoms with Gasteiger partial charge in [0.25, 0.3) is 0 Å². The van der Waals surface area contributed by atoms with E-state index in [1.807, 2.05) is 0 Å². The number of carbonyl (C=O) groups is 2. The first-order valence-electron chi connectivity index (χ1n) is 4.37. The van der Waals surface area contributed by atoms with Crippen LogP contribution in [0.3, 0.4) is 0 Å². The van der Waals surface area contributed by atoms with Gasteiger partial charge < -0.3 is 9.53 Å². The third-order valence-corrected chi connectivity index (χ3v) is 1.77. The van der Waals surface area contributed by atoms with Gasteiger partial charge in [-0.2, -0.15) is 0 Å². The Kier molecular flexibility index (Phi) is 4.11. The molecule has 1 aromatic rings. The first kappa shape index (κ1) is 11.0. The second kappa shape index (κ2) is 5.61. The summed E-state index contributed by atoms with van der Waals surface area (Å²) >= 11 is 0. The van der Waals surface area contributed by atoms with Crippen LogP contribution in [0, 0.1) is 11.8 Å². The molecule has 0 saturated heterocycles. The minimum Gasteiger partial charge on any atom is -0.496 e. The van der Waals surface area contributed by atoms with Crippen molar-refractivity contribution in [3.05, 3.63) is 29.3 Å². The Morgan fingerprint density at radius 3 is 2.80 bits per heavy atom. The Labute approximate surface area is 88.1 Å². The predicted molar refractivity (Wildman–Crippen MR) is 55.9 cm³/mol. The Balaban J connectivity index is 2.99. The summed E-state index contributed by atoms with van der Waals surface area (Å²) in [7, 11) is 1.50. The van der Waals surface area contributed by atoms with Gasteiger partial charge in [-0.05, 0) is 18.2 Å². The molecule has 1 rings (SSSR count). The zero-order valence-electron chi connectivity index (χ0n) is 8.32. The summed E-state index contributed by atoms with van der Waals surface area (Å²) in [6, 6.07) is 5.04. The molecule has 0 aliphatic carbocycles. The van der Waals surface area contributed by atoms with E-state index < -0.39 is 0 Å². The maximum absolute atomic E-state index is 10.7. The van der Waals surface area contributed by atoms with Crippen LogP contribution >= 0.6 is 0 Å². The van der Waals surface area contributed by atoms with Crippen LogP contribution in [-0.2, 0) is 4.79 Å². The summed E-state index contributed by atoms with van der Waals surface area (Å²) in [6.07, 6.45) is 1.64. The van der Waals surface area contributed by atoms with Gasteiger partial charge in [0, 0.05) is 5.56 Å². The van der Waals surface area contributed by atoms with Crippen LogP contribution < -0.4 is 4.74 Å². The Morgan fingerprint density at radius 1 is 1.40 bits per heavy atom. The first-order chi connectivity index (χ1) is 7.31.